The Kier molecular flexibility index (Phi) is 4.43. The fraction of sp³-hybridized carbons (Fsp3) is 0.263. The van der Waals surface area contributed by atoms with E-state index in [4.69, 9.17) is 16.3 Å². The number of hydrogen-bond donors (Lipinski definition) is 1. The Labute approximate surface area is 165 Å². The first kappa shape index (κ1) is 18.2. The van der Waals surface area contributed by atoms with Crippen LogP contribution in [0, 0.1) is 26.1 Å². The first-order valence-corrected chi connectivity index (χ1v) is 9.02. The lowest BCUT2D eigenvalue weighted by Crippen LogP contribution is -2.30. The predicted octanol–water partition coefficient (Wildman–Crippen LogP) is 4.99. The van der Waals surface area contributed by atoms with Crippen molar-refractivity contribution >= 4 is 28.7 Å². The Bertz CT molecular complexity index is 1020. The SMILES string of the molecule is COc1ccc([N+](=O)[O-])c2c1N[C@H](c1cc([N+](=O)[O-])ccc1Cl)[C@@H]1CC=C[C@H]21. The summed E-state index contributed by atoms with van der Waals surface area (Å²) in [5.41, 5.74) is 1.65. The van der Waals surface area contributed by atoms with Crippen LogP contribution >= 0.6 is 11.6 Å². The molecule has 0 amide bonds. The maximum absolute atomic E-state index is 11.6. The second-order valence-electron chi connectivity index (χ2n) is 6.77. The number of allylic oxidation sites excluding steroid dienone is 2. The number of hydrogen-bond acceptors (Lipinski definition) is 6. The first-order chi connectivity index (χ1) is 13.4. The average Bonchev–Trinajstić information content (AvgIpc) is 3.16. The van der Waals surface area contributed by atoms with Crippen LogP contribution in [0.2, 0.25) is 5.02 Å². The average molecular weight is 402 g/mol. The van der Waals surface area contributed by atoms with Gasteiger partial charge in [-0.25, -0.2) is 0 Å². The third-order valence-electron chi connectivity index (χ3n) is 5.40. The molecule has 8 nitrogen and oxygen atoms in total. The molecule has 2 aromatic rings. The fourth-order valence-electron chi connectivity index (χ4n) is 4.18. The summed E-state index contributed by atoms with van der Waals surface area (Å²) in [5, 5.41) is 26.6. The Morgan fingerprint density at radius 2 is 1.96 bits per heavy atom. The summed E-state index contributed by atoms with van der Waals surface area (Å²) < 4.78 is 5.42. The highest BCUT2D eigenvalue weighted by atomic mass is 35.5. The van der Waals surface area contributed by atoms with Crippen molar-refractivity contribution in [3.8, 4) is 5.75 Å². The van der Waals surface area contributed by atoms with Crippen LogP contribution in [0.1, 0.15) is 29.5 Å². The lowest BCUT2D eigenvalue weighted by molar-refractivity contribution is -0.385. The molecule has 0 aromatic heterocycles. The van der Waals surface area contributed by atoms with Crippen molar-refractivity contribution < 1.29 is 14.6 Å². The van der Waals surface area contributed by atoms with Crippen LogP contribution in [-0.2, 0) is 0 Å². The summed E-state index contributed by atoms with van der Waals surface area (Å²) in [6.07, 6.45) is 4.61. The quantitative estimate of drug-likeness (QED) is 0.439. The zero-order chi connectivity index (χ0) is 20.0. The maximum atomic E-state index is 11.6. The van der Waals surface area contributed by atoms with E-state index in [0.717, 1.165) is 0 Å². The molecule has 1 N–H and O–H groups in total. The minimum absolute atomic E-state index is 0.0217. The van der Waals surface area contributed by atoms with Gasteiger partial charge in [-0.05, 0) is 24.5 Å². The second-order valence-corrected chi connectivity index (χ2v) is 7.18. The van der Waals surface area contributed by atoms with Gasteiger partial charge >= 0.3 is 0 Å². The minimum Gasteiger partial charge on any atom is -0.495 e. The standard InChI is InChI=1S/C19H16ClN3O5/c1-28-16-8-7-15(23(26)27)17-11-3-2-4-12(11)18(21-19(16)17)13-9-10(22(24)25)5-6-14(13)20/h2-3,5-9,11-12,18,21H,4H2,1H3/t11-,12+,18-/m0/s1. The molecular weight excluding hydrogens is 386 g/mol. The first-order valence-electron chi connectivity index (χ1n) is 8.64. The number of halogens is 1. The molecule has 0 radical (unpaired) electrons. The van der Waals surface area contributed by atoms with E-state index in [2.05, 4.69) is 5.32 Å². The molecular formula is C19H16ClN3O5. The monoisotopic (exact) mass is 401 g/mol. The van der Waals surface area contributed by atoms with E-state index < -0.39 is 9.85 Å². The number of benzene rings is 2. The molecule has 1 aliphatic heterocycles. The highest BCUT2D eigenvalue weighted by Gasteiger charge is 2.43. The van der Waals surface area contributed by atoms with Gasteiger partial charge in [-0.1, -0.05) is 23.8 Å². The number of nitro benzene ring substituents is 2. The molecule has 4 rings (SSSR count). The molecule has 3 atom stereocenters. The molecule has 0 fully saturated rings. The van der Waals surface area contributed by atoms with Gasteiger partial charge in [-0.15, -0.1) is 0 Å². The highest BCUT2D eigenvalue weighted by Crippen LogP contribution is 2.55. The summed E-state index contributed by atoms with van der Waals surface area (Å²) in [7, 11) is 1.50. The van der Waals surface area contributed by atoms with Gasteiger partial charge in [0.1, 0.15) is 5.75 Å². The van der Waals surface area contributed by atoms with Crippen molar-refractivity contribution in [2.45, 2.75) is 18.4 Å². The summed E-state index contributed by atoms with van der Waals surface area (Å²) in [6, 6.07) is 6.98. The van der Waals surface area contributed by atoms with Crippen LogP contribution in [-0.4, -0.2) is 17.0 Å². The molecule has 1 heterocycles. The van der Waals surface area contributed by atoms with Crippen molar-refractivity contribution in [3.05, 3.63) is 78.9 Å². The Morgan fingerprint density at radius 1 is 1.18 bits per heavy atom. The normalized spacial score (nSPS) is 22.1. The third kappa shape index (κ3) is 2.77. The summed E-state index contributed by atoms with van der Waals surface area (Å²) in [5.74, 6) is 0.204. The van der Waals surface area contributed by atoms with Crippen molar-refractivity contribution in [1.29, 1.82) is 0 Å². The van der Waals surface area contributed by atoms with Crippen molar-refractivity contribution in [2.75, 3.05) is 12.4 Å². The van der Waals surface area contributed by atoms with E-state index in [9.17, 15) is 20.2 Å². The second kappa shape index (κ2) is 6.79. The Morgan fingerprint density at radius 3 is 2.64 bits per heavy atom. The van der Waals surface area contributed by atoms with Gasteiger partial charge in [-0.3, -0.25) is 20.2 Å². The number of ether oxygens (including phenoxy) is 1. The number of nitro groups is 2. The van der Waals surface area contributed by atoms with E-state index in [0.29, 0.717) is 34.0 Å². The molecule has 0 unspecified atom stereocenters. The van der Waals surface area contributed by atoms with Crippen LogP contribution in [0.15, 0.2) is 42.5 Å². The van der Waals surface area contributed by atoms with Crippen LogP contribution in [0.4, 0.5) is 17.1 Å². The number of methoxy groups -OCH3 is 1. The van der Waals surface area contributed by atoms with Crippen LogP contribution < -0.4 is 10.1 Å². The molecule has 0 spiro atoms. The van der Waals surface area contributed by atoms with Gasteiger partial charge in [0, 0.05) is 34.7 Å². The molecule has 2 aromatic carbocycles. The molecule has 0 saturated heterocycles. The van der Waals surface area contributed by atoms with E-state index in [1.807, 2.05) is 12.2 Å². The van der Waals surface area contributed by atoms with Gasteiger partial charge < -0.3 is 10.1 Å². The lowest BCUT2D eigenvalue weighted by atomic mass is 9.76. The topological polar surface area (TPSA) is 108 Å². The van der Waals surface area contributed by atoms with Gasteiger partial charge in [-0.2, -0.15) is 0 Å². The zero-order valence-corrected chi connectivity index (χ0v) is 15.6. The summed E-state index contributed by atoms with van der Waals surface area (Å²) >= 11 is 6.38. The number of nitrogens with zero attached hydrogens (tertiary/aromatic N) is 2. The minimum atomic E-state index is -0.466. The van der Waals surface area contributed by atoms with Crippen molar-refractivity contribution in [2.24, 2.45) is 5.92 Å². The lowest BCUT2D eigenvalue weighted by Gasteiger charge is -2.37. The number of fused-ring (bicyclic) bond motifs is 3. The maximum Gasteiger partial charge on any atom is 0.275 e. The molecule has 9 heteroatoms. The number of non-ortho nitro benzene ring substituents is 1. The fourth-order valence-corrected chi connectivity index (χ4v) is 4.42. The molecule has 0 saturated carbocycles. The Hall–Kier alpha value is -3.13. The predicted molar refractivity (Wildman–Crippen MR) is 104 cm³/mol. The molecule has 2 aliphatic rings. The Balaban J connectivity index is 1.90. The van der Waals surface area contributed by atoms with Gasteiger partial charge in [0.25, 0.3) is 11.4 Å². The van der Waals surface area contributed by atoms with Gasteiger partial charge in [0.2, 0.25) is 0 Å². The van der Waals surface area contributed by atoms with E-state index in [-0.39, 0.29) is 29.3 Å². The number of rotatable bonds is 4. The van der Waals surface area contributed by atoms with E-state index in [1.165, 1.54) is 31.4 Å². The van der Waals surface area contributed by atoms with Crippen LogP contribution in [0.25, 0.3) is 0 Å². The summed E-state index contributed by atoms with van der Waals surface area (Å²) in [4.78, 5) is 22.0. The summed E-state index contributed by atoms with van der Waals surface area (Å²) in [6.45, 7) is 0. The van der Waals surface area contributed by atoms with E-state index >= 15 is 0 Å². The largest absolute Gasteiger partial charge is 0.495 e. The number of anilines is 1. The molecule has 28 heavy (non-hydrogen) atoms. The number of nitrogens with one attached hydrogen (secondary N) is 1. The van der Waals surface area contributed by atoms with Gasteiger partial charge in [0.15, 0.2) is 0 Å². The molecule has 0 bridgehead atoms. The third-order valence-corrected chi connectivity index (χ3v) is 5.74. The smallest absolute Gasteiger partial charge is 0.275 e. The molecule has 1 aliphatic carbocycles. The zero-order valence-electron chi connectivity index (χ0n) is 14.8. The highest BCUT2D eigenvalue weighted by molar-refractivity contribution is 6.31. The van der Waals surface area contributed by atoms with Crippen molar-refractivity contribution in [1.82, 2.24) is 0 Å². The van der Waals surface area contributed by atoms with Crippen LogP contribution in [0.3, 0.4) is 0 Å². The van der Waals surface area contributed by atoms with Gasteiger partial charge in [0.05, 0.1) is 34.2 Å². The van der Waals surface area contributed by atoms with E-state index in [1.54, 1.807) is 6.07 Å². The van der Waals surface area contributed by atoms with Crippen LogP contribution in [0.5, 0.6) is 5.75 Å². The molecule has 144 valence electrons. The van der Waals surface area contributed by atoms with Crippen molar-refractivity contribution in [3.63, 3.8) is 0 Å².